The van der Waals surface area contributed by atoms with Crippen molar-refractivity contribution in [3.05, 3.63) is 17.5 Å². The number of aromatic amines is 2. The van der Waals surface area contributed by atoms with Crippen LogP contribution in [0.3, 0.4) is 0 Å². The number of aromatic nitrogens is 4. The molecule has 2 aromatic heterocycles. The van der Waals surface area contributed by atoms with Crippen LogP contribution in [0.25, 0.3) is 11.4 Å². The van der Waals surface area contributed by atoms with Crippen molar-refractivity contribution in [3.63, 3.8) is 0 Å². The van der Waals surface area contributed by atoms with Crippen LogP contribution in [0.15, 0.2) is 6.07 Å². The number of H-pyrrole nitrogens is 2. The number of carboxylic acids is 1. The van der Waals surface area contributed by atoms with Gasteiger partial charge in [0.1, 0.15) is 11.4 Å². The summed E-state index contributed by atoms with van der Waals surface area (Å²) in [7, 11) is 0. The van der Waals surface area contributed by atoms with Crippen LogP contribution in [0.5, 0.6) is 0 Å². The fourth-order valence-corrected chi connectivity index (χ4v) is 1.25. The highest BCUT2D eigenvalue weighted by Crippen LogP contribution is 2.24. The molecule has 0 fully saturated rings. The maximum absolute atomic E-state index is 10.7. The third kappa shape index (κ3) is 1.43. The fraction of sp³-hybridized carbons (Fsp3) is 0.125. The monoisotopic (exact) mass is 207 g/mol. The minimum absolute atomic E-state index is 0.0917. The summed E-state index contributed by atoms with van der Waals surface area (Å²) in [6, 6.07) is 1.73. The van der Waals surface area contributed by atoms with Crippen LogP contribution in [0.4, 0.5) is 5.69 Å². The van der Waals surface area contributed by atoms with Crippen LogP contribution >= 0.6 is 0 Å². The Labute approximate surface area is 84.3 Å². The molecule has 7 nitrogen and oxygen atoms in total. The molecule has 7 heteroatoms. The number of anilines is 1. The van der Waals surface area contributed by atoms with E-state index in [-0.39, 0.29) is 11.4 Å². The van der Waals surface area contributed by atoms with Crippen molar-refractivity contribution in [2.75, 3.05) is 5.73 Å². The summed E-state index contributed by atoms with van der Waals surface area (Å²) in [5.74, 6) is -1.14. The largest absolute Gasteiger partial charge is 0.476 e. The maximum Gasteiger partial charge on any atom is 0.356 e. The number of aromatic carboxylic acids is 1. The van der Waals surface area contributed by atoms with Gasteiger partial charge in [0.25, 0.3) is 0 Å². The average molecular weight is 207 g/mol. The van der Waals surface area contributed by atoms with Gasteiger partial charge >= 0.3 is 5.97 Å². The van der Waals surface area contributed by atoms with E-state index in [1.165, 1.54) is 0 Å². The molecule has 78 valence electrons. The van der Waals surface area contributed by atoms with E-state index < -0.39 is 5.97 Å². The number of rotatable bonds is 2. The smallest absolute Gasteiger partial charge is 0.356 e. The Bertz CT molecular complexity index is 513. The van der Waals surface area contributed by atoms with Crippen molar-refractivity contribution >= 4 is 11.7 Å². The first-order valence-corrected chi connectivity index (χ1v) is 4.19. The molecular weight excluding hydrogens is 198 g/mol. The second-order valence-corrected chi connectivity index (χ2v) is 3.10. The first-order chi connectivity index (χ1) is 7.09. The van der Waals surface area contributed by atoms with Gasteiger partial charge in [-0.3, -0.25) is 10.2 Å². The number of nitrogen functional groups attached to an aromatic ring is 1. The lowest BCUT2D eigenvalue weighted by Crippen LogP contribution is -2.01. The minimum Gasteiger partial charge on any atom is -0.476 e. The molecule has 0 spiro atoms. The second-order valence-electron chi connectivity index (χ2n) is 3.10. The molecule has 0 bridgehead atoms. The number of carbonyl (C=O) groups is 1. The van der Waals surface area contributed by atoms with Crippen molar-refractivity contribution in [1.82, 2.24) is 20.4 Å². The molecule has 0 radical (unpaired) electrons. The number of nitrogens with zero attached hydrogens (tertiary/aromatic N) is 2. The van der Waals surface area contributed by atoms with E-state index in [0.29, 0.717) is 11.4 Å². The van der Waals surface area contributed by atoms with Crippen molar-refractivity contribution in [1.29, 1.82) is 0 Å². The number of aryl methyl sites for hydroxylation is 1. The maximum atomic E-state index is 10.7. The molecule has 15 heavy (non-hydrogen) atoms. The Kier molecular flexibility index (Phi) is 1.93. The van der Waals surface area contributed by atoms with Crippen molar-refractivity contribution < 1.29 is 9.90 Å². The summed E-state index contributed by atoms with van der Waals surface area (Å²) in [5.41, 5.74) is 7.31. The van der Waals surface area contributed by atoms with Gasteiger partial charge in [-0.15, -0.1) is 0 Å². The Morgan fingerprint density at radius 2 is 2.20 bits per heavy atom. The van der Waals surface area contributed by atoms with E-state index in [0.717, 1.165) is 5.69 Å². The number of nitrogens with one attached hydrogen (secondary N) is 2. The number of carboxylic acid groups (broad SMARTS) is 1. The quantitative estimate of drug-likeness (QED) is 0.567. The summed E-state index contributed by atoms with van der Waals surface area (Å²) in [6.07, 6.45) is 0. The normalized spacial score (nSPS) is 10.5. The molecule has 0 aliphatic rings. The predicted octanol–water partition coefficient (Wildman–Crippen LogP) is 0.389. The zero-order valence-electron chi connectivity index (χ0n) is 7.90. The van der Waals surface area contributed by atoms with Gasteiger partial charge in [-0.05, 0) is 13.0 Å². The molecule has 0 aromatic carbocycles. The van der Waals surface area contributed by atoms with Gasteiger partial charge in [-0.25, -0.2) is 4.79 Å². The summed E-state index contributed by atoms with van der Waals surface area (Å²) in [4.78, 5) is 10.7. The van der Waals surface area contributed by atoms with E-state index >= 15 is 0 Å². The molecule has 2 heterocycles. The molecule has 5 N–H and O–H groups in total. The summed E-state index contributed by atoms with van der Waals surface area (Å²) >= 11 is 0. The van der Waals surface area contributed by atoms with Crippen molar-refractivity contribution in [3.8, 4) is 11.4 Å². The Morgan fingerprint density at radius 1 is 1.47 bits per heavy atom. The summed E-state index contributed by atoms with van der Waals surface area (Å²) < 4.78 is 0. The van der Waals surface area contributed by atoms with E-state index in [4.69, 9.17) is 10.8 Å². The van der Waals surface area contributed by atoms with Gasteiger partial charge in [-0.2, -0.15) is 10.2 Å². The average Bonchev–Trinajstić information content (AvgIpc) is 2.71. The lowest BCUT2D eigenvalue weighted by atomic mass is 10.2. The van der Waals surface area contributed by atoms with Crippen LogP contribution in [-0.4, -0.2) is 31.5 Å². The second kappa shape index (κ2) is 3.12. The van der Waals surface area contributed by atoms with Gasteiger partial charge in [0.2, 0.25) is 0 Å². The lowest BCUT2D eigenvalue weighted by molar-refractivity contribution is 0.0691. The SMILES string of the molecule is Cc1cc(-c2n[nH]c(C(=O)O)c2N)n[nH]1. The molecule has 0 unspecified atom stereocenters. The van der Waals surface area contributed by atoms with Gasteiger partial charge in [0.05, 0.1) is 5.69 Å². The molecule has 0 atom stereocenters. The highest BCUT2D eigenvalue weighted by atomic mass is 16.4. The Morgan fingerprint density at radius 3 is 2.67 bits per heavy atom. The van der Waals surface area contributed by atoms with Gasteiger partial charge in [0, 0.05) is 5.69 Å². The fourth-order valence-electron chi connectivity index (χ4n) is 1.25. The summed E-state index contributed by atoms with van der Waals surface area (Å²) in [5, 5.41) is 21.6. The molecule has 0 saturated carbocycles. The number of hydrogen-bond acceptors (Lipinski definition) is 4. The van der Waals surface area contributed by atoms with Crippen LogP contribution < -0.4 is 5.73 Å². The minimum atomic E-state index is -1.14. The third-order valence-corrected chi connectivity index (χ3v) is 1.97. The van der Waals surface area contributed by atoms with Crippen LogP contribution in [0, 0.1) is 6.92 Å². The van der Waals surface area contributed by atoms with Crippen molar-refractivity contribution in [2.45, 2.75) is 6.92 Å². The number of hydrogen-bond donors (Lipinski definition) is 4. The van der Waals surface area contributed by atoms with E-state index in [1.807, 2.05) is 6.92 Å². The molecule has 0 amide bonds. The number of nitrogens with two attached hydrogens (primary N) is 1. The Hall–Kier alpha value is -2.31. The highest BCUT2D eigenvalue weighted by molar-refractivity contribution is 5.95. The van der Waals surface area contributed by atoms with E-state index in [1.54, 1.807) is 6.07 Å². The van der Waals surface area contributed by atoms with Crippen LogP contribution in [0.2, 0.25) is 0 Å². The summed E-state index contributed by atoms with van der Waals surface area (Å²) in [6.45, 7) is 1.83. The van der Waals surface area contributed by atoms with Crippen molar-refractivity contribution in [2.24, 2.45) is 0 Å². The van der Waals surface area contributed by atoms with Gasteiger partial charge in [-0.1, -0.05) is 0 Å². The van der Waals surface area contributed by atoms with E-state index in [2.05, 4.69) is 20.4 Å². The first kappa shape index (κ1) is 9.25. The van der Waals surface area contributed by atoms with Crippen LogP contribution in [-0.2, 0) is 0 Å². The third-order valence-electron chi connectivity index (χ3n) is 1.97. The van der Waals surface area contributed by atoms with E-state index in [9.17, 15) is 4.79 Å². The molecule has 2 aromatic rings. The molecule has 0 aliphatic carbocycles. The molecule has 0 aliphatic heterocycles. The zero-order valence-corrected chi connectivity index (χ0v) is 7.90. The topological polar surface area (TPSA) is 121 Å². The lowest BCUT2D eigenvalue weighted by Gasteiger charge is -1.92. The zero-order chi connectivity index (χ0) is 11.0. The van der Waals surface area contributed by atoms with Gasteiger partial charge < -0.3 is 10.8 Å². The first-order valence-electron chi connectivity index (χ1n) is 4.19. The molecule has 0 saturated heterocycles. The Balaban J connectivity index is 2.50. The van der Waals surface area contributed by atoms with Crippen LogP contribution in [0.1, 0.15) is 16.2 Å². The predicted molar refractivity (Wildman–Crippen MR) is 52.3 cm³/mol. The molecular formula is C8H9N5O2. The highest BCUT2D eigenvalue weighted by Gasteiger charge is 2.18. The van der Waals surface area contributed by atoms with Gasteiger partial charge in [0.15, 0.2) is 5.69 Å². The standard InChI is InChI=1S/C8H9N5O2/c1-3-2-4(11-10-3)6-5(9)7(8(14)15)13-12-6/h2H,9H2,1H3,(H,10,11)(H,12,13)(H,14,15). The molecule has 2 rings (SSSR count).